The minimum Gasteiger partial charge on any atom is -0.480 e. The Bertz CT molecular complexity index is 306. The molecule has 0 aromatic carbocycles. The van der Waals surface area contributed by atoms with Crippen LogP contribution in [0.1, 0.15) is 17.3 Å². The molecule has 1 aromatic heterocycles. The Labute approximate surface area is 73.5 Å². The maximum Gasteiger partial charge on any atom is 0.325 e. The van der Waals surface area contributed by atoms with Gasteiger partial charge in [0.2, 0.25) is 0 Å². The van der Waals surface area contributed by atoms with E-state index in [0.717, 1.165) is 6.26 Å². The molecule has 1 aromatic rings. The fraction of sp³-hybridized carbons (Fsp3) is 0.286. The molecule has 0 bridgehead atoms. The molecule has 2 N–H and O–H groups in total. The van der Waals surface area contributed by atoms with Crippen molar-refractivity contribution < 1.29 is 19.2 Å². The van der Waals surface area contributed by atoms with Gasteiger partial charge in [-0.2, -0.15) is 0 Å². The van der Waals surface area contributed by atoms with E-state index in [0.29, 0.717) is 0 Å². The second kappa shape index (κ2) is 3.70. The summed E-state index contributed by atoms with van der Waals surface area (Å²) in [5.41, 5.74) is 0.202. The molecule has 0 spiro atoms. The highest BCUT2D eigenvalue weighted by Crippen LogP contribution is 1.96. The molecule has 6 nitrogen and oxygen atoms in total. The van der Waals surface area contributed by atoms with Crippen LogP contribution in [0.25, 0.3) is 0 Å². The summed E-state index contributed by atoms with van der Waals surface area (Å²) in [6.07, 6.45) is 2.35. The molecule has 0 saturated heterocycles. The maximum atomic E-state index is 11.1. The van der Waals surface area contributed by atoms with Crippen molar-refractivity contribution in [2.75, 3.05) is 0 Å². The highest BCUT2D eigenvalue weighted by molar-refractivity contribution is 5.95. The standard InChI is InChI=1S/C7H8N2O4/c1-4(7(11)12)9-6(10)5-2-8-13-3-5/h2-4H,1H3,(H,9,10)(H,11,12)/t4-/m0/s1. The fourth-order valence-corrected chi connectivity index (χ4v) is 0.659. The number of carboxylic acids is 1. The zero-order valence-corrected chi connectivity index (χ0v) is 6.85. The summed E-state index contributed by atoms with van der Waals surface area (Å²) < 4.78 is 4.42. The van der Waals surface area contributed by atoms with E-state index in [2.05, 4.69) is 15.0 Å². The third kappa shape index (κ3) is 2.29. The second-order valence-corrected chi connectivity index (χ2v) is 2.45. The highest BCUT2D eigenvalue weighted by Gasteiger charge is 2.15. The average Bonchev–Trinajstić information content (AvgIpc) is 2.55. The van der Waals surface area contributed by atoms with Crippen LogP contribution in [0.15, 0.2) is 17.0 Å². The summed E-state index contributed by atoms with van der Waals surface area (Å²) >= 11 is 0. The van der Waals surface area contributed by atoms with Gasteiger partial charge < -0.3 is 14.9 Å². The normalized spacial score (nSPS) is 12.1. The number of aliphatic carboxylic acids is 1. The number of nitrogens with one attached hydrogen (secondary N) is 1. The van der Waals surface area contributed by atoms with Gasteiger partial charge in [-0.05, 0) is 6.92 Å². The molecule has 0 aliphatic heterocycles. The second-order valence-electron chi connectivity index (χ2n) is 2.45. The van der Waals surface area contributed by atoms with Crippen LogP contribution in [-0.2, 0) is 4.79 Å². The molecule has 13 heavy (non-hydrogen) atoms. The Morgan fingerprint density at radius 1 is 1.69 bits per heavy atom. The number of hydrogen-bond donors (Lipinski definition) is 2. The Balaban J connectivity index is 2.56. The molecule has 0 aliphatic carbocycles. The summed E-state index contributed by atoms with van der Waals surface area (Å²) in [6.45, 7) is 1.37. The number of hydrogen-bond acceptors (Lipinski definition) is 4. The van der Waals surface area contributed by atoms with Gasteiger partial charge in [0.05, 0.1) is 11.8 Å². The SMILES string of the molecule is C[C@H](NC(=O)c1cnoc1)C(=O)O. The Kier molecular flexibility index (Phi) is 2.63. The monoisotopic (exact) mass is 184 g/mol. The van der Waals surface area contributed by atoms with Crippen molar-refractivity contribution in [3.63, 3.8) is 0 Å². The molecule has 1 amide bonds. The van der Waals surface area contributed by atoms with Gasteiger partial charge >= 0.3 is 5.97 Å². The molecule has 0 aliphatic rings. The van der Waals surface area contributed by atoms with Gasteiger partial charge in [0.1, 0.15) is 12.3 Å². The number of aromatic nitrogens is 1. The number of rotatable bonds is 3. The molecular formula is C7H8N2O4. The van der Waals surface area contributed by atoms with E-state index >= 15 is 0 Å². The predicted molar refractivity (Wildman–Crippen MR) is 41.1 cm³/mol. The first kappa shape index (κ1) is 9.24. The summed E-state index contributed by atoms with van der Waals surface area (Å²) in [7, 11) is 0. The van der Waals surface area contributed by atoms with E-state index in [-0.39, 0.29) is 5.56 Å². The number of carboxylic acid groups (broad SMARTS) is 1. The van der Waals surface area contributed by atoms with Crippen LogP contribution < -0.4 is 5.32 Å². The zero-order valence-electron chi connectivity index (χ0n) is 6.85. The van der Waals surface area contributed by atoms with Crippen molar-refractivity contribution >= 4 is 11.9 Å². The number of nitrogens with zero attached hydrogens (tertiary/aromatic N) is 1. The van der Waals surface area contributed by atoms with Gasteiger partial charge in [0, 0.05) is 0 Å². The van der Waals surface area contributed by atoms with Gasteiger partial charge in [-0.3, -0.25) is 9.59 Å². The number of amides is 1. The van der Waals surface area contributed by atoms with E-state index in [4.69, 9.17) is 5.11 Å². The molecule has 0 saturated carbocycles. The van der Waals surface area contributed by atoms with Crippen LogP contribution in [0, 0.1) is 0 Å². The van der Waals surface area contributed by atoms with Gasteiger partial charge in [0.25, 0.3) is 5.91 Å². The lowest BCUT2D eigenvalue weighted by Crippen LogP contribution is -2.38. The molecule has 1 rings (SSSR count). The molecular weight excluding hydrogens is 176 g/mol. The maximum absolute atomic E-state index is 11.1. The molecule has 1 heterocycles. The van der Waals surface area contributed by atoms with Crippen molar-refractivity contribution in [2.45, 2.75) is 13.0 Å². The van der Waals surface area contributed by atoms with E-state index in [1.807, 2.05) is 0 Å². The fourth-order valence-electron chi connectivity index (χ4n) is 0.659. The minimum atomic E-state index is -1.09. The molecule has 0 unspecified atom stereocenters. The molecule has 1 atom stereocenters. The quantitative estimate of drug-likeness (QED) is 0.683. The van der Waals surface area contributed by atoms with E-state index < -0.39 is 17.9 Å². The molecule has 0 radical (unpaired) electrons. The smallest absolute Gasteiger partial charge is 0.325 e. The predicted octanol–water partition coefficient (Wildman–Crippen LogP) is -0.123. The summed E-state index contributed by atoms with van der Waals surface area (Å²) in [5, 5.41) is 14.0. The molecule has 6 heteroatoms. The van der Waals surface area contributed by atoms with Crippen molar-refractivity contribution in [3.8, 4) is 0 Å². The van der Waals surface area contributed by atoms with Crippen molar-refractivity contribution in [2.24, 2.45) is 0 Å². The third-order valence-electron chi connectivity index (χ3n) is 1.41. The van der Waals surface area contributed by atoms with E-state index in [9.17, 15) is 9.59 Å². The average molecular weight is 184 g/mol. The lowest BCUT2D eigenvalue weighted by Gasteiger charge is -2.06. The van der Waals surface area contributed by atoms with E-state index in [1.165, 1.54) is 13.1 Å². The zero-order chi connectivity index (χ0) is 9.84. The minimum absolute atomic E-state index is 0.202. The van der Waals surface area contributed by atoms with Crippen LogP contribution in [-0.4, -0.2) is 28.2 Å². The largest absolute Gasteiger partial charge is 0.480 e. The van der Waals surface area contributed by atoms with Gasteiger partial charge in [0.15, 0.2) is 0 Å². The topological polar surface area (TPSA) is 92.4 Å². The van der Waals surface area contributed by atoms with Gasteiger partial charge in [-0.15, -0.1) is 0 Å². The molecule has 70 valence electrons. The first-order valence-corrected chi connectivity index (χ1v) is 3.54. The summed E-state index contributed by atoms with van der Waals surface area (Å²) in [5.74, 6) is -1.61. The third-order valence-corrected chi connectivity index (χ3v) is 1.41. The Morgan fingerprint density at radius 2 is 2.38 bits per heavy atom. The van der Waals surface area contributed by atoms with Crippen LogP contribution >= 0.6 is 0 Å². The van der Waals surface area contributed by atoms with Crippen LogP contribution in [0.5, 0.6) is 0 Å². The highest BCUT2D eigenvalue weighted by atomic mass is 16.5. The van der Waals surface area contributed by atoms with Crippen molar-refractivity contribution in [1.82, 2.24) is 10.5 Å². The van der Waals surface area contributed by atoms with Gasteiger partial charge in [-0.1, -0.05) is 5.16 Å². The lowest BCUT2D eigenvalue weighted by molar-refractivity contribution is -0.138. The lowest BCUT2D eigenvalue weighted by atomic mass is 10.3. The Hall–Kier alpha value is -1.85. The van der Waals surface area contributed by atoms with Crippen molar-refractivity contribution in [1.29, 1.82) is 0 Å². The summed E-state index contributed by atoms with van der Waals surface area (Å²) in [6, 6.07) is -0.928. The first-order chi connectivity index (χ1) is 6.11. The van der Waals surface area contributed by atoms with Gasteiger partial charge in [-0.25, -0.2) is 0 Å². The van der Waals surface area contributed by atoms with Crippen molar-refractivity contribution in [3.05, 3.63) is 18.0 Å². The Morgan fingerprint density at radius 3 is 2.85 bits per heavy atom. The van der Waals surface area contributed by atoms with E-state index in [1.54, 1.807) is 0 Å². The van der Waals surface area contributed by atoms with Crippen LogP contribution in [0.3, 0.4) is 0 Å². The number of carbonyl (C=O) groups is 2. The number of carbonyl (C=O) groups excluding carboxylic acids is 1. The van der Waals surface area contributed by atoms with Crippen LogP contribution in [0.4, 0.5) is 0 Å². The molecule has 0 fully saturated rings. The first-order valence-electron chi connectivity index (χ1n) is 3.54. The van der Waals surface area contributed by atoms with Crippen LogP contribution in [0.2, 0.25) is 0 Å². The summed E-state index contributed by atoms with van der Waals surface area (Å²) in [4.78, 5) is 21.5.